The Labute approximate surface area is 105 Å². The van der Waals surface area contributed by atoms with Gasteiger partial charge in [0.2, 0.25) is 0 Å². The molecule has 88 valence electrons. The van der Waals surface area contributed by atoms with Crippen molar-refractivity contribution in [1.29, 1.82) is 0 Å². The fraction of sp³-hybridized carbons (Fsp3) is 0. The molecule has 3 nitrogen and oxygen atoms in total. The summed E-state index contributed by atoms with van der Waals surface area (Å²) in [4.78, 5) is 4.32. The van der Waals surface area contributed by atoms with Gasteiger partial charge in [-0.3, -0.25) is 4.98 Å². The number of anilines is 2. The smallest absolute Gasteiger partial charge is 0.0740 e. The molecule has 0 spiro atoms. The van der Waals surface area contributed by atoms with Gasteiger partial charge in [-0.1, -0.05) is 42.5 Å². The van der Waals surface area contributed by atoms with Gasteiger partial charge in [-0.25, -0.2) is 0 Å². The van der Waals surface area contributed by atoms with E-state index in [1.165, 1.54) is 0 Å². The first-order chi connectivity index (χ1) is 8.75. The van der Waals surface area contributed by atoms with Gasteiger partial charge in [0.25, 0.3) is 0 Å². The monoisotopic (exact) mass is 235 g/mol. The standard InChI is InChI=1S/C15H13N3/c16-13-9-18-14-8-11(6-7-12(14)15(13)17)10-4-2-1-3-5-10/h1-9H,16H2,(H2,17,18). The zero-order chi connectivity index (χ0) is 12.5. The van der Waals surface area contributed by atoms with E-state index < -0.39 is 0 Å². The lowest BCUT2D eigenvalue weighted by molar-refractivity contribution is 1.41. The molecule has 3 heteroatoms. The maximum atomic E-state index is 5.94. The van der Waals surface area contributed by atoms with E-state index in [2.05, 4.69) is 17.1 Å². The summed E-state index contributed by atoms with van der Waals surface area (Å²) in [5, 5.41) is 0.898. The summed E-state index contributed by atoms with van der Waals surface area (Å²) in [6.07, 6.45) is 1.60. The minimum atomic E-state index is 0.523. The van der Waals surface area contributed by atoms with Crippen LogP contribution in [0.25, 0.3) is 22.0 Å². The highest BCUT2D eigenvalue weighted by Gasteiger charge is 2.05. The predicted molar refractivity (Wildman–Crippen MR) is 76.0 cm³/mol. The predicted octanol–water partition coefficient (Wildman–Crippen LogP) is 3.07. The lowest BCUT2D eigenvalue weighted by Gasteiger charge is -2.07. The average molecular weight is 235 g/mol. The van der Waals surface area contributed by atoms with Gasteiger partial charge in [-0.15, -0.1) is 0 Å². The number of nitrogen functional groups attached to an aromatic ring is 2. The summed E-state index contributed by atoms with van der Waals surface area (Å²) in [6, 6.07) is 16.2. The molecule has 2 aromatic carbocycles. The molecule has 0 aliphatic rings. The van der Waals surface area contributed by atoms with Crippen LogP contribution in [0.2, 0.25) is 0 Å². The van der Waals surface area contributed by atoms with Crippen LogP contribution in [0.3, 0.4) is 0 Å². The zero-order valence-electron chi connectivity index (χ0n) is 9.80. The van der Waals surface area contributed by atoms with Crippen molar-refractivity contribution in [3.63, 3.8) is 0 Å². The Bertz CT molecular complexity index is 706. The Morgan fingerprint density at radius 1 is 0.833 bits per heavy atom. The zero-order valence-corrected chi connectivity index (χ0v) is 9.80. The number of fused-ring (bicyclic) bond motifs is 1. The van der Waals surface area contributed by atoms with Crippen molar-refractivity contribution in [3.05, 3.63) is 54.7 Å². The molecule has 3 rings (SSSR count). The van der Waals surface area contributed by atoms with E-state index in [0.29, 0.717) is 11.4 Å². The first-order valence-electron chi connectivity index (χ1n) is 5.75. The van der Waals surface area contributed by atoms with Crippen molar-refractivity contribution < 1.29 is 0 Å². The fourth-order valence-electron chi connectivity index (χ4n) is 2.04. The molecule has 0 amide bonds. The van der Waals surface area contributed by atoms with Gasteiger partial charge < -0.3 is 11.5 Å². The Morgan fingerprint density at radius 2 is 1.61 bits per heavy atom. The molecule has 0 radical (unpaired) electrons. The van der Waals surface area contributed by atoms with Crippen molar-refractivity contribution in [2.45, 2.75) is 0 Å². The van der Waals surface area contributed by atoms with E-state index in [-0.39, 0.29) is 0 Å². The van der Waals surface area contributed by atoms with Gasteiger partial charge in [-0.2, -0.15) is 0 Å². The summed E-state index contributed by atoms with van der Waals surface area (Å²) >= 11 is 0. The number of hydrogen-bond acceptors (Lipinski definition) is 3. The SMILES string of the molecule is Nc1cnc2cc(-c3ccccc3)ccc2c1N. The first kappa shape index (κ1) is 10.6. The van der Waals surface area contributed by atoms with Crippen LogP contribution in [0.4, 0.5) is 11.4 Å². The summed E-state index contributed by atoms with van der Waals surface area (Å²) < 4.78 is 0. The second-order valence-corrected chi connectivity index (χ2v) is 4.23. The second kappa shape index (κ2) is 4.04. The van der Waals surface area contributed by atoms with Gasteiger partial charge >= 0.3 is 0 Å². The van der Waals surface area contributed by atoms with Crippen molar-refractivity contribution >= 4 is 22.3 Å². The molecule has 0 aliphatic carbocycles. The van der Waals surface area contributed by atoms with Gasteiger partial charge in [0.05, 0.1) is 23.1 Å². The summed E-state index contributed by atoms with van der Waals surface area (Å²) in [6.45, 7) is 0. The molecule has 3 aromatic rings. The highest BCUT2D eigenvalue weighted by molar-refractivity contribution is 5.97. The number of nitrogens with zero attached hydrogens (tertiary/aromatic N) is 1. The van der Waals surface area contributed by atoms with Crippen LogP contribution in [-0.4, -0.2) is 4.98 Å². The van der Waals surface area contributed by atoms with E-state index in [0.717, 1.165) is 22.0 Å². The maximum absolute atomic E-state index is 5.94. The Kier molecular flexibility index (Phi) is 2.38. The molecule has 18 heavy (non-hydrogen) atoms. The molecule has 1 heterocycles. The van der Waals surface area contributed by atoms with Crippen molar-refractivity contribution in [2.24, 2.45) is 0 Å². The molecule has 0 unspecified atom stereocenters. The van der Waals surface area contributed by atoms with Crippen molar-refractivity contribution in [3.8, 4) is 11.1 Å². The number of hydrogen-bond donors (Lipinski definition) is 2. The van der Waals surface area contributed by atoms with E-state index in [1.807, 2.05) is 36.4 Å². The molecule has 4 N–H and O–H groups in total. The largest absolute Gasteiger partial charge is 0.396 e. The van der Waals surface area contributed by atoms with Gasteiger partial charge in [0.15, 0.2) is 0 Å². The third kappa shape index (κ3) is 1.66. The van der Waals surface area contributed by atoms with Gasteiger partial charge in [0, 0.05) is 5.39 Å². The number of nitrogens with two attached hydrogens (primary N) is 2. The van der Waals surface area contributed by atoms with Crippen LogP contribution in [0, 0.1) is 0 Å². The highest BCUT2D eigenvalue weighted by atomic mass is 14.8. The van der Waals surface area contributed by atoms with Crippen LogP contribution >= 0.6 is 0 Å². The lowest BCUT2D eigenvalue weighted by Crippen LogP contribution is -1.97. The van der Waals surface area contributed by atoms with E-state index >= 15 is 0 Å². The summed E-state index contributed by atoms with van der Waals surface area (Å²) in [5.74, 6) is 0. The van der Waals surface area contributed by atoms with Crippen LogP contribution in [0.15, 0.2) is 54.7 Å². The quantitative estimate of drug-likeness (QED) is 0.681. The van der Waals surface area contributed by atoms with Crippen LogP contribution < -0.4 is 11.5 Å². The van der Waals surface area contributed by atoms with Gasteiger partial charge in [0.1, 0.15) is 0 Å². The molecule has 0 atom stereocenters. The normalized spacial score (nSPS) is 10.7. The molecule has 0 saturated carbocycles. The molecule has 0 bridgehead atoms. The number of rotatable bonds is 1. The van der Waals surface area contributed by atoms with Crippen molar-refractivity contribution in [1.82, 2.24) is 4.98 Å². The molecule has 0 aliphatic heterocycles. The van der Waals surface area contributed by atoms with E-state index in [9.17, 15) is 0 Å². The lowest BCUT2D eigenvalue weighted by atomic mass is 10.0. The van der Waals surface area contributed by atoms with E-state index in [4.69, 9.17) is 11.5 Å². The van der Waals surface area contributed by atoms with Crippen LogP contribution in [0.1, 0.15) is 0 Å². The van der Waals surface area contributed by atoms with Crippen LogP contribution in [0.5, 0.6) is 0 Å². The van der Waals surface area contributed by atoms with Crippen molar-refractivity contribution in [2.75, 3.05) is 11.5 Å². The Hall–Kier alpha value is -2.55. The second-order valence-electron chi connectivity index (χ2n) is 4.23. The third-order valence-corrected chi connectivity index (χ3v) is 3.05. The minimum absolute atomic E-state index is 0.523. The highest BCUT2D eigenvalue weighted by Crippen LogP contribution is 2.28. The molecular weight excluding hydrogens is 222 g/mol. The molecule has 0 saturated heterocycles. The average Bonchev–Trinajstić information content (AvgIpc) is 2.44. The molecular formula is C15H13N3. The summed E-state index contributed by atoms with van der Waals surface area (Å²) in [5.41, 5.74) is 16.0. The number of pyridine rings is 1. The van der Waals surface area contributed by atoms with E-state index in [1.54, 1.807) is 6.20 Å². The Balaban J connectivity index is 2.21. The fourth-order valence-corrected chi connectivity index (χ4v) is 2.04. The van der Waals surface area contributed by atoms with Crippen LogP contribution in [-0.2, 0) is 0 Å². The minimum Gasteiger partial charge on any atom is -0.396 e. The van der Waals surface area contributed by atoms with Gasteiger partial charge in [-0.05, 0) is 17.2 Å². The number of aromatic nitrogens is 1. The Morgan fingerprint density at radius 3 is 2.39 bits per heavy atom. The third-order valence-electron chi connectivity index (χ3n) is 3.05. The topological polar surface area (TPSA) is 64.9 Å². The number of benzene rings is 2. The first-order valence-corrected chi connectivity index (χ1v) is 5.75. The molecule has 1 aromatic heterocycles. The maximum Gasteiger partial charge on any atom is 0.0740 e. The molecule has 0 fully saturated rings. The summed E-state index contributed by atoms with van der Waals surface area (Å²) in [7, 11) is 0.